The molecule has 0 unspecified atom stereocenters. The van der Waals surface area contributed by atoms with E-state index in [9.17, 15) is 0 Å². The van der Waals surface area contributed by atoms with Crippen LogP contribution in [0.1, 0.15) is 0 Å². The van der Waals surface area contributed by atoms with Crippen LogP contribution in [0.4, 0.5) is 17.1 Å². The van der Waals surface area contributed by atoms with Gasteiger partial charge in [0.15, 0.2) is 0 Å². The second-order valence-electron chi connectivity index (χ2n) is 12.5. The molecule has 49 heavy (non-hydrogen) atoms. The predicted octanol–water partition coefficient (Wildman–Crippen LogP) is 14.4. The first-order valence-electron chi connectivity index (χ1n) is 16.6. The molecule has 0 aliphatic carbocycles. The highest BCUT2D eigenvalue weighted by atomic mass is 32.1. The highest BCUT2D eigenvalue weighted by Crippen LogP contribution is 2.43. The van der Waals surface area contributed by atoms with Gasteiger partial charge in [-0.1, -0.05) is 115 Å². The van der Waals surface area contributed by atoms with E-state index >= 15 is 0 Å². The van der Waals surface area contributed by atoms with Gasteiger partial charge in [0.2, 0.25) is 0 Å². The normalized spacial score (nSPS) is 11.7. The average molecular weight is 660 g/mol. The smallest absolute Gasteiger partial charge is 0.0476 e. The Bertz CT molecular complexity index is 2810. The Kier molecular flexibility index (Phi) is 6.61. The van der Waals surface area contributed by atoms with Gasteiger partial charge in [-0.25, -0.2) is 0 Å². The van der Waals surface area contributed by atoms with Gasteiger partial charge in [-0.3, -0.25) is 0 Å². The molecule has 0 saturated heterocycles. The molecule has 0 atom stereocenters. The molecule has 0 amide bonds. The molecule has 8 aromatic carbocycles. The first-order valence-corrected chi connectivity index (χ1v) is 18.2. The summed E-state index contributed by atoms with van der Waals surface area (Å²) in [6.45, 7) is 0. The van der Waals surface area contributed by atoms with Crippen molar-refractivity contribution in [1.29, 1.82) is 0 Å². The molecule has 0 aliphatic heterocycles. The van der Waals surface area contributed by atoms with Gasteiger partial charge >= 0.3 is 0 Å². The molecule has 0 bridgehead atoms. The maximum atomic E-state index is 2.38. The molecule has 10 aromatic rings. The second kappa shape index (κ2) is 11.5. The number of nitrogens with zero attached hydrogens (tertiary/aromatic N) is 1. The van der Waals surface area contributed by atoms with Crippen LogP contribution in [0.25, 0.3) is 73.4 Å². The summed E-state index contributed by atoms with van der Waals surface area (Å²) in [6.07, 6.45) is 0. The first-order chi connectivity index (χ1) is 24.3. The molecule has 0 aliphatic rings. The minimum atomic E-state index is 1.13. The third-order valence-electron chi connectivity index (χ3n) is 9.67. The average Bonchev–Trinajstić information content (AvgIpc) is 3.74. The molecule has 10 rings (SSSR count). The van der Waals surface area contributed by atoms with Crippen LogP contribution in [0.3, 0.4) is 0 Å². The quantitative estimate of drug-likeness (QED) is 0.178. The monoisotopic (exact) mass is 659 g/mol. The highest BCUT2D eigenvalue weighted by Gasteiger charge is 2.16. The lowest BCUT2D eigenvalue weighted by atomic mass is 9.98. The maximum absolute atomic E-state index is 2.38. The van der Waals surface area contributed by atoms with Crippen LogP contribution in [0.15, 0.2) is 176 Å². The van der Waals surface area contributed by atoms with Crippen LogP contribution in [-0.4, -0.2) is 0 Å². The molecule has 3 heteroatoms. The van der Waals surface area contributed by atoms with Crippen molar-refractivity contribution in [2.75, 3.05) is 4.90 Å². The van der Waals surface area contributed by atoms with E-state index in [1.165, 1.54) is 73.4 Å². The summed E-state index contributed by atoms with van der Waals surface area (Å²) in [5.74, 6) is 0. The molecule has 0 fully saturated rings. The fourth-order valence-electron chi connectivity index (χ4n) is 7.26. The fourth-order valence-corrected chi connectivity index (χ4v) is 9.52. The van der Waals surface area contributed by atoms with Gasteiger partial charge < -0.3 is 4.90 Å². The van der Waals surface area contributed by atoms with E-state index in [2.05, 4.69) is 181 Å². The van der Waals surface area contributed by atoms with Crippen molar-refractivity contribution < 1.29 is 0 Å². The summed E-state index contributed by atoms with van der Waals surface area (Å²) in [5, 5.41) is 7.91. The summed E-state index contributed by atoms with van der Waals surface area (Å²) in [4.78, 5) is 2.38. The molecular formula is C46H29NS2. The molecule has 0 radical (unpaired) electrons. The zero-order valence-corrected chi connectivity index (χ0v) is 28.1. The van der Waals surface area contributed by atoms with E-state index in [0.717, 1.165) is 17.1 Å². The van der Waals surface area contributed by atoms with E-state index in [0.29, 0.717) is 0 Å². The molecule has 0 saturated carbocycles. The molecule has 1 nitrogen and oxygen atoms in total. The number of hydrogen-bond acceptors (Lipinski definition) is 3. The van der Waals surface area contributed by atoms with Crippen molar-refractivity contribution in [3.8, 4) is 22.3 Å². The standard InChI is InChI=1S/C46H29NS2/c1-2-8-30(9-3-1)31-16-21-35(22-17-31)47(37-25-26-39-38-10-4-6-12-42(38)49-45(39)29-37)36-23-18-32(19-24-36)34-15-14-33-20-27-44-46(41(33)28-34)40-11-5-7-13-43(40)48-44/h1-29H. The Morgan fingerprint density at radius 2 is 0.837 bits per heavy atom. The Morgan fingerprint density at radius 3 is 1.59 bits per heavy atom. The lowest BCUT2D eigenvalue weighted by Crippen LogP contribution is -2.09. The van der Waals surface area contributed by atoms with Crippen molar-refractivity contribution in [1.82, 2.24) is 0 Å². The van der Waals surface area contributed by atoms with Gasteiger partial charge in [-0.05, 0) is 93.7 Å². The van der Waals surface area contributed by atoms with E-state index in [1.807, 2.05) is 22.7 Å². The molecule has 0 spiro atoms. The molecule has 0 N–H and O–H groups in total. The largest absolute Gasteiger partial charge is 0.310 e. The van der Waals surface area contributed by atoms with Crippen molar-refractivity contribution in [2.45, 2.75) is 0 Å². The summed E-state index contributed by atoms with van der Waals surface area (Å²) in [6, 6.07) is 64.4. The van der Waals surface area contributed by atoms with E-state index in [-0.39, 0.29) is 0 Å². The van der Waals surface area contributed by atoms with Gasteiger partial charge in [0.05, 0.1) is 0 Å². The molecular weight excluding hydrogens is 631 g/mol. The number of thiophene rings is 2. The number of anilines is 3. The van der Waals surface area contributed by atoms with Crippen molar-refractivity contribution in [3.63, 3.8) is 0 Å². The fraction of sp³-hybridized carbons (Fsp3) is 0. The zero-order valence-electron chi connectivity index (χ0n) is 26.5. The van der Waals surface area contributed by atoms with E-state index in [1.54, 1.807) is 0 Å². The minimum absolute atomic E-state index is 1.13. The van der Waals surface area contributed by atoms with Gasteiger partial charge in [-0.15, -0.1) is 22.7 Å². The summed E-state index contributed by atoms with van der Waals surface area (Å²) < 4.78 is 5.29. The number of fused-ring (bicyclic) bond motifs is 8. The zero-order chi connectivity index (χ0) is 32.3. The third-order valence-corrected chi connectivity index (χ3v) is 11.9. The summed E-state index contributed by atoms with van der Waals surface area (Å²) in [5.41, 5.74) is 8.28. The van der Waals surface area contributed by atoms with Crippen molar-refractivity contribution >= 4 is 90.9 Å². The first kappa shape index (κ1) is 28.3. The number of hydrogen-bond donors (Lipinski definition) is 0. The number of rotatable bonds is 5. The van der Waals surface area contributed by atoms with Crippen LogP contribution in [0.5, 0.6) is 0 Å². The second-order valence-corrected chi connectivity index (χ2v) is 14.7. The number of benzene rings is 8. The highest BCUT2D eigenvalue weighted by molar-refractivity contribution is 7.26. The van der Waals surface area contributed by atoms with E-state index in [4.69, 9.17) is 0 Å². The third kappa shape index (κ3) is 4.82. The maximum Gasteiger partial charge on any atom is 0.0476 e. The summed E-state index contributed by atoms with van der Waals surface area (Å²) >= 11 is 3.74. The molecule has 2 heterocycles. The topological polar surface area (TPSA) is 3.24 Å². The van der Waals surface area contributed by atoms with Crippen LogP contribution in [0, 0.1) is 0 Å². The lowest BCUT2D eigenvalue weighted by Gasteiger charge is -2.26. The summed E-state index contributed by atoms with van der Waals surface area (Å²) in [7, 11) is 0. The minimum Gasteiger partial charge on any atom is -0.310 e. The van der Waals surface area contributed by atoms with Crippen LogP contribution >= 0.6 is 22.7 Å². The predicted molar refractivity (Wildman–Crippen MR) is 215 cm³/mol. The van der Waals surface area contributed by atoms with Crippen LogP contribution in [-0.2, 0) is 0 Å². The van der Waals surface area contributed by atoms with Gasteiger partial charge in [0.25, 0.3) is 0 Å². The van der Waals surface area contributed by atoms with Crippen molar-refractivity contribution in [3.05, 3.63) is 176 Å². The Balaban J connectivity index is 1.08. The molecule has 230 valence electrons. The lowest BCUT2D eigenvalue weighted by molar-refractivity contribution is 1.29. The van der Waals surface area contributed by atoms with Gasteiger partial charge in [0, 0.05) is 57.4 Å². The van der Waals surface area contributed by atoms with Gasteiger partial charge in [0.1, 0.15) is 0 Å². The van der Waals surface area contributed by atoms with Crippen LogP contribution < -0.4 is 4.90 Å². The van der Waals surface area contributed by atoms with Crippen molar-refractivity contribution in [2.24, 2.45) is 0 Å². The molecule has 2 aromatic heterocycles. The van der Waals surface area contributed by atoms with E-state index < -0.39 is 0 Å². The Morgan fingerprint density at radius 1 is 0.306 bits per heavy atom. The van der Waals surface area contributed by atoms with Gasteiger partial charge in [-0.2, -0.15) is 0 Å². The SMILES string of the molecule is c1ccc(-c2ccc(N(c3ccc(-c4ccc5ccc6sc7ccccc7c6c5c4)cc3)c3ccc4c(c3)sc3ccccc34)cc2)cc1. The van der Waals surface area contributed by atoms with Crippen LogP contribution in [0.2, 0.25) is 0 Å². The Labute approximate surface area is 292 Å². The Hall–Kier alpha value is -5.74.